The smallest absolute Gasteiger partial charge is 0.140 e. The van der Waals surface area contributed by atoms with E-state index in [1.54, 1.807) is 17.8 Å². The van der Waals surface area contributed by atoms with Crippen LogP contribution in [0.3, 0.4) is 0 Å². The molecule has 0 radical (unpaired) electrons. The van der Waals surface area contributed by atoms with Crippen molar-refractivity contribution in [2.24, 2.45) is 0 Å². The minimum atomic E-state index is 0.300. The monoisotopic (exact) mass is 215 g/mol. The maximum absolute atomic E-state index is 9.71. The number of phenols is 1. The number of phenolic OH excluding ortho intramolecular Hbond substituents is 1. The second kappa shape index (κ2) is 3.21. The summed E-state index contributed by atoms with van der Waals surface area (Å²) >= 11 is 1.67. The lowest BCUT2D eigenvalue weighted by molar-refractivity contribution is 0.476. The van der Waals surface area contributed by atoms with Gasteiger partial charge in [0.2, 0.25) is 0 Å². The van der Waals surface area contributed by atoms with E-state index in [4.69, 9.17) is 0 Å². The lowest BCUT2D eigenvalue weighted by Crippen LogP contribution is -1.99. The summed E-state index contributed by atoms with van der Waals surface area (Å²) in [5, 5.41) is 12.9. The van der Waals surface area contributed by atoms with E-state index in [-0.39, 0.29) is 0 Å². The molecule has 0 aliphatic carbocycles. The summed E-state index contributed by atoms with van der Waals surface area (Å²) in [5.41, 5.74) is 1.86. The summed E-state index contributed by atoms with van der Waals surface area (Å²) in [6.07, 6.45) is 0. The average molecular weight is 215 g/mol. The van der Waals surface area contributed by atoms with Gasteiger partial charge in [-0.25, -0.2) is 0 Å². The zero-order valence-corrected chi connectivity index (χ0v) is 8.71. The van der Waals surface area contributed by atoms with Crippen molar-refractivity contribution < 1.29 is 5.11 Å². The summed E-state index contributed by atoms with van der Waals surface area (Å²) < 4.78 is 0. The van der Waals surface area contributed by atoms with Crippen LogP contribution in [0.5, 0.6) is 5.75 Å². The zero-order valence-electron chi connectivity index (χ0n) is 7.90. The number of anilines is 2. The second-order valence-corrected chi connectivity index (χ2v) is 4.46. The van der Waals surface area contributed by atoms with Crippen molar-refractivity contribution in [1.29, 1.82) is 0 Å². The van der Waals surface area contributed by atoms with Crippen molar-refractivity contribution in [1.82, 2.24) is 0 Å². The number of benzene rings is 2. The number of hydrogen-bond acceptors (Lipinski definition) is 3. The molecule has 0 spiro atoms. The van der Waals surface area contributed by atoms with Crippen LogP contribution in [0, 0.1) is 0 Å². The van der Waals surface area contributed by atoms with E-state index in [1.807, 2.05) is 30.3 Å². The Labute approximate surface area is 91.9 Å². The highest BCUT2D eigenvalue weighted by atomic mass is 32.2. The highest BCUT2D eigenvalue weighted by Crippen LogP contribution is 2.47. The SMILES string of the molecule is Oc1cccc2c1Nc1ccccc1S2. The molecule has 0 fully saturated rings. The van der Waals surface area contributed by atoms with Crippen LogP contribution in [0.25, 0.3) is 0 Å². The van der Waals surface area contributed by atoms with Crippen molar-refractivity contribution in [2.75, 3.05) is 5.32 Å². The highest BCUT2D eigenvalue weighted by Gasteiger charge is 2.16. The Kier molecular flexibility index (Phi) is 1.86. The fourth-order valence-electron chi connectivity index (χ4n) is 1.64. The van der Waals surface area contributed by atoms with Gasteiger partial charge in [-0.3, -0.25) is 0 Å². The number of aromatic hydroxyl groups is 1. The molecule has 1 aliphatic rings. The third kappa shape index (κ3) is 1.36. The fraction of sp³-hybridized carbons (Fsp3) is 0. The average Bonchev–Trinajstić information content (AvgIpc) is 2.27. The molecule has 0 unspecified atom stereocenters. The van der Waals surface area contributed by atoms with Gasteiger partial charge in [0.1, 0.15) is 5.75 Å². The van der Waals surface area contributed by atoms with Crippen LogP contribution in [0.15, 0.2) is 52.3 Å². The Morgan fingerprint density at radius 3 is 2.67 bits per heavy atom. The van der Waals surface area contributed by atoms with Gasteiger partial charge in [0.05, 0.1) is 11.4 Å². The van der Waals surface area contributed by atoms with Gasteiger partial charge in [0.15, 0.2) is 0 Å². The van der Waals surface area contributed by atoms with Crippen molar-refractivity contribution in [2.45, 2.75) is 9.79 Å². The van der Waals surface area contributed by atoms with E-state index in [0.29, 0.717) is 5.75 Å². The quantitative estimate of drug-likeness (QED) is 0.562. The first-order chi connectivity index (χ1) is 7.34. The Hall–Kier alpha value is -1.61. The van der Waals surface area contributed by atoms with E-state index in [1.165, 1.54) is 4.90 Å². The van der Waals surface area contributed by atoms with E-state index in [0.717, 1.165) is 16.3 Å². The van der Waals surface area contributed by atoms with Crippen molar-refractivity contribution in [3.05, 3.63) is 42.5 Å². The Bertz CT molecular complexity index is 525. The van der Waals surface area contributed by atoms with Crippen LogP contribution < -0.4 is 5.32 Å². The van der Waals surface area contributed by atoms with Gasteiger partial charge in [0, 0.05) is 9.79 Å². The Balaban J connectivity index is 2.15. The van der Waals surface area contributed by atoms with E-state index in [2.05, 4.69) is 11.4 Å². The molecule has 15 heavy (non-hydrogen) atoms. The number of nitrogens with one attached hydrogen (secondary N) is 1. The van der Waals surface area contributed by atoms with E-state index < -0.39 is 0 Å². The molecule has 0 saturated heterocycles. The Morgan fingerprint density at radius 2 is 1.73 bits per heavy atom. The van der Waals surface area contributed by atoms with Crippen molar-refractivity contribution >= 4 is 23.1 Å². The molecule has 0 bridgehead atoms. The number of rotatable bonds is 0. The Morgan fingerprint density at radius 1 is 0.933 bits per heavy atom. The van der Waals surface area contributed by atoms with Crippen LogP contribution in [0.2, 0.25) is 0 Å². The molecule has 74 valence electrons. The van der Waals surface area contributed by atoms with Crippen molar-refractivity contribution in [3.63, 3.8) is 0 Å². The predicted molar refractivity (Wildman–Crippen MR) is 62.0 cm³/mol. The first-order valence-corrected chi connectivity index (χ1v) is 5.52. The molecule has 0 aromatic heterocycles. The maximum Gasteiger partial charge on any atom is 0.140 e. The molecule has 0 saturated carbocycles. The molecular weight excluding hydrogens is 206 g/mol. The largest absolute Gasteiger partial charge is 0.506 e. The topological polar surface area (TPSA) is 32.3 Å². The van der Waals surface area contributed by atoms with Gasteiger partial charge in [-0.05, 0) is 24.3 Å². The minimum Gasteiger partial charge on any atom is -0.506 e. The normalized spacial score (nSPS) is 12.5. The summed E-state index contributed by atoms with van der Waals surface area (Å²) in [6.45, 7) is 0. The molecule has 0 atom stereocenters. The third-order valence-corrected chi connectivity index (χ3v) is 3.51. The second-order valence-electron chi connectivity index (χ2n) is 3.37. The van der Waals surface area contributed by atoms with Crippen LogP contribution in [-0.4, -0.2) is 5.11 Å². The van der Waals surface area contributed by atoms with Crippen LogP contribution in [0.4, 0.5) is 11.4 Å². The standard InChI is InChI=1S/C12H9NOS/c14-9-5-3-7-11-12(9)13-8-4-1-2-6-10(8)15-11/h1-7,13-14H. The van der Waals surface area contributed by atoms with Gasteiger partial charge in [-0.15, -0.1) is 0 Å². The maximum atomic E-state index is 9.71. The van der Waals surface area contributed by atoms with Crippen LogP contribution in [-0.2, 0) is 0 Å². The molecular formula is C12H9NOS. The van der Waals surface area contributed by atoms with Gasteiger partial charge in [-0.2, -0.15) is 0 Å². The third-order valence-electron chi connectivity index (χ3n) is 2.37. The molecule has 0 amide bonds. The fourth-order valence-corrected chi connectivity index (χ4v) is 2.66. The number of para-hydroxylation sites is 2. The lowest BCUT2D eigenvalue weighted by atomic mass is 10.2. The molecule has 3 heteroatoms. The number of hydrogen-bond donors (Lipinski definition) is 2. The van der Waals surface area contributed by atoms with Gasteiger partial charge in [0.25, 0.3) is 0 Å². The molecule has 2 aromatic carbocycles. The summed E-state index contributed by atoms with van der Waals surface area (Å²) in [5.74, 6) is 0.300. The van der Waals surface area contributed by atoms with Gasteiger partial charge >= 0.3 is 0 Å². The molecule has 1 heterocycles. The zero-order chi connectivity index (χ0) is 10.3. The first kappa shape index (κ1) is 8.68. The molecule has 3 rings (SSSR count). The minimum absolute atomic E-state index is 0.300. The summed E-state index contributed by atoms with van der Waals surface area (Å²) in [4.78, 5) is 2.25. The molecule has 1 aliphatic heterocycles. The molecule has 2 N–H and O–H groups in total. The van der Waals surface area contributed by atoms with E-state index >= 15 is 0 Å². The van der Waals surface area contributed by atoms with Gasteiger partial charge < -0.3 is 10.4 Å². The van der Waals surface area contributed by atoms with Crippen molar-refractivity contribution in [3.8, 4) is 5.75 Å². The highest BCUT2D eigenvalue weighted by molar-refractivity contribution is 7.99. The lowest BCUT2D eigenvalue weighted by Gasteiger charge is -2.20. The summed E-state index contributed by atoms with van der Waals surface area (Å²) in [6, 6.07) is 13.6. The van der Waals surface area contributed by atoms with Crippen LogP contribution in [0.1, 0.15) is 0 Å². The predicted octanol–water partition coefficient (Wildman–Crippen LogP) is 3.60. The molecule has 2 aromatic rings. The first-order valence-electron chi connectivity index (χ1n) is 4.70. The van der Waals surface area contributed by atoms with Crippen LogP contribution >= 0.6 is 11.8 Å². The number of fused-ring (bicyclic) bond motifs is 2. The summed E-state index contributed by atoms with van der Waals surface area (Å²) in [7, 11) is 0. The van der Waals surface area contributed by atoms with E-state index in [9.17, 15) is 5.11 Å². The van der Waals surface area contributed by atoms with Gasteiger partial charge in [-0.1, -0.05) is 30.0 Å². The molecule has 2 nitrogen and oxygen atoms in total.